The minimum Gasteiger partial charge on any atom is -0.483 e. The fourth-order valence-corrected chi connectivity index (χ4v) is 2.19. The zero-order valence-electron chi connectivity index (χ0n) is 13.0. The number of rotatable bonds is 6. The van der Waals surface area contributed by atoms with Crippen molar-refractivity contribution in [2.75, 3.05) is 6.61 Å². The first-order chi connectivity index (χ1) is 11.3. The van der Waals surface area contributed by atoms with Crippen LogP contribution < -0.4 is 10.2 Å². The van der Waals surface area contributed by atoms with Crippen molar-refractivity contribution in [2.45, 2.75) is 18.9 Å². The minimum atomic E-state index is -4.41. The highest BCUT2D eigenvalue weighted by Gasteiger charge is 2.14. The van der Waals surface area contributed by atoms with Gasteiger partial charge in [-0.15, -0.1) is 0 Å². The van der Waals surface area contributed by atoms with Gasteiger partial charge in [-0.1, -0.05) is 12.1 Å². The molecule has 0 atom stereocenters. The van der Waals surface area contributed by atoms with Crippen molar-refractivity contribution in [3.05, 3.63) is 47.2 Å². The molecule has 1 aromatic carbocycles. The largest absolute Gasteiger partial charge is 0.483 e. The molecule has 0 aliphatic heterocycles. The van der Waals surface area contributed by atoms with Gasteiger partial charge in [-0.3, -0.25) is 9.35 Å². The number of hydrazone groups is 1. The van der Waals surface area contributed by atoms with E-state index in [1.807, 2.05) is 32.0 Å². The van der Waals surface area contributed by atoms with Crippen molar-refractivity contribution >= 4 is 22.2 Å². The van der Waals surface area contributed by atoms with Gasteiger partial charge < -0.3 is 9.15 Å². The molecule has 24 heavy (non-hydrogen) atoms. The third-order valence-electron chi connectivity index (χ3n) is 2.94. The molecular weight excluding hydrogens is 336 g/mol. The molecule has 128 valence electrons. The maximum atomic E-state index is 11.7. The molecule has 2 rings (SSSR count). The van der Waals surface area contributed by atoms with Crippen LogP contribution in [0, 0.1) is 13.8 Å². The molecule has 1 heterocycles. The summed E-state index contributed by atoms with van der Waals surface area (Å²) in [6.07, 6.45) is 1.10. The Morgan fingerprint density at radius 3 is 2.75 bits per heavy atom. The molecule has 8 nitrogen and oxygen atoms in total. The molecule has 0 aliphatic carbocycles. The van der Waals surface area contributed by atoms with Crippen LogP contribution in [0.5, 0.6) is 5.75 Å². The van der Waals surface area contributed by atoms with Crippen LogP contribution in [0.1, 0.15) is 16.9 Å². The summed E-state index contributed by atoms with van der Waals surface area (Å²) in [5.41, 5.74) is 4.14. The third-order valence-corrected chi connectivity index (χ3v) is 3.67. The Morgan fingerprint density at radius 2 is 2.08 bits per heavy atom. The summed E-state index contributed by atoms with van der Waals surface area (Å²) in [6.45, 7) is 3.56. The van der Waals surface area contributed by atoms with Gasteiger partial charge in [-0.25, -0.2) is 5.43 Å². The Labute approximate surface area is 138 Å². The predicted molar refractivity (Wildman–Crippen MR) is 85.7 cm³/mol. The number of carbonyl (C=O) groups is 1. The Morgan fingerprint density at radius 1 is 1.33 bits per heavy atom. The van der Waals surface area contributed by atoms with Crippen molar-refractivity contribution in [1.82, 2.24) is 5.43 Å². The first kappa shape index (κ1) is 17.7. The first-order valence-electron chi connectivity index (χ1n) is 6.85. The second kappa shape index (κ2) is 7.28. The molecule has 1 aromatic heterocycles. The number of hydrogen-bond donors (Lipinski definition) is 2. The van der Waals surface area contributed by atoms with Crippen molar-refractivity contribution in [3.8, 4) is 5.75 Å². The molecule has 0 saturated carbocycles. The molecule has 0 spiro atoms. The number of nitrogens with one attached hydrogen (secondary N) is 1. The molecule has 0 unspecified atom stereocenters. The summed E-state index contributed by atoms with van der Waals surface area (Å²) in [5.74, 6) is 0.171. The highest BCUT2D eigenvalue weighted by molar-refractivity contribution is 7.85. The van der Waals surface area contributed by atoms with Gasteiger partial charge in [0.25, 0.3) is 5.91 Å². The van der Waals surface area contributed by atoms with Gasteiger partial charge in [-0.2, -0.15) is 13.5 Å². The molecule has 0 aliphatic rings. The number of carbonyl (C=O) groups excluding carboxylic acids is 1. The summed E-state index contributed by atoms with van der Waals surface area (Å²) in [4.78, 5) is 11.7. The first-order valence-corrected chi connectivity index (χ1v) is 8.29. The van der Waals surface area contributed by atoms with Crippen molar-refractivity contribution < 1.29 is 26.9 Å². The van der Waals surface area contributed by atoms with E-state index in [9.17, 15) is 13.2 Å². The standard InChI is InChI=1S/C15H16N2O6S/c1-10-3-4-11(2)13(7-10)22-9-14(18)17-16-8-12-5-6-15(23-12)24(19,20)21/h3-8H,9H2,1-2H3,(H,17,18)(H,19,20,21)/b16-8+. The highest BCUT2D eigenvalue weighted by Crippen LogP contribution is 2.18. The topological polar surface area (TPSA) is 118 Å². The van der Waals surface area contributed by atoms with E-state index in [4.69, 9.17) is 13.7 Å². The Balaban J connectivity index is 1.87. The molecule has 0 fully saturated rings. The molecule has 0 saturated heterocycles. The van der Waals surface area contributed by atoms with E-state index >= 15 is 0 Å². The van der Waals surface area contributed by atoms with Crippen LogP contribution in [-0.4, -0.2) is 31.7 Å². The van der Waals surface area contributed by atoms with E-state index in [2.05, 4.69) is 10.5 Å². The van der Waals surface area contributed by atoms with Crippen molar-refractivity contribution in [3.63, 3.8) is 0 Å². The van der Waals surface area contributed by atoms with E-state index in [0.717, 1.165) is 23.4 Å². The molecule has 0 radical (unpaired) electrons. The average Bonchev–Trinajstić information content (AvgIpc) is 2.97. The SMILES string of the molecule is Cc1ccc(C)c(OCC(=O)N/N=C/c2ccc(S(=O)(=O)O)o2)c1. The second-order valence-electron chi connectivity index (χ2n) is 4.98. The van der Waals surface area contributed by atoms with E-state index in [0.29, 0.717) is 5.75 Å². The third kappa shape index (κ3) is 4.93. The molecule has 1 amide bonds. The monoisotopic (exact) mass is 352 g/mol. The number of furan rings is 1. The summed E-state index contributed by atoms with van der Waals surface area (Å²) < 4.78 is 40.7. The quantitative estimate of drug-likeness (QED) is 0.464. The van der Waals surface area contributed by atoms with Crippen LogP contribution >= 0.6 is 0 Å². The van der Waals surface area contributed by atoms with E-state index in [1.54, 1.807) is 0 Å². The Hall–Kier alpha value is -2.65. The zero-order chi connectivity index (χ0) is 17.7. The lowest BCUT2D eigenvalue weighted by Crippen LogP contribution is -2.24. The molecular formula is C15H16N2O6S. The van der Waals surface area contributed by atoms with Gasteiger partial charge in [0.15, 0.2) is 6.61 Å². The highest BCUT2D eigenvalue weighted by atomic mass is 32.2. The average molecular weight is 352 g/mol. The summed E-state index contributed by atoms with van der Waals surface area (Å²) in [5, 5.41) is 3.01. The lowest BCUT2D eigenvalue weighted by molar-refractivity contribution is -0.123. The number of benzene rings is 1. The minimum absolute atomic E-state index is 0.0540. The van der Waals surface area contributed by atoms with Crippen molar-refractivity contribution in [1.29, 1.82) is 0 Å². The lowest BCUT2D eigenvalue weighted by Gasteiger charge is -2.08. The van der Waals surface area contributed by atoms with Gasteiger partial charge in [0.05, 0.1) is 6.21 Å². The van der Waals surface area contributed by atoms with Crippen LogP contribution in [0.4, 0.5) is 0 Å². The molecule has 2 N–H and O–H groups in total. The normalized spacial score (nSPS) is 11.6. The van der Waals surface area contributed by atoms with Gasteiger partial charge in [0, 0.05) is 0 Å². The fourth-order valence-electron chi connectivity index (χ4n) is 1.75. The van der Waals surface area contributed by atoms with Gasteiger partial charge >= 0.3 is 10.1 Å². The maximum Gasteiger partial charge on any atom is 0.328 e. The molecule has 2 aromatic rings. The van der Waals surface area contributed by atoms with Crippen LogP contribution in [0.3, 0.4) is 0 Å². The van der Waals surface area contributed by atoms with Crippen LogP contribution in [0.2, 0.25) is 0 Å². The second-order valence-corrected chi connectivity index (χ2v) is 6.34. The number of ether oxygens (including phenoxy) is 1. The number of nitrogens with zero attached hydrogens (tertiary/aromatic N) is 1. The van der Waals surface area contributed by atoms with Crippen LogP contribution in [-0.2, 0) is 14.9 Å². The lowest BCUT2D eigenvalue weighted by atomic mass is 10.1. The summed E-state index contributed by atoms with van der Waals surface area (Å²) in [7, 11) is -4.41. The summed E-state index contributed by atoms with van der Waals surface area (Å²) >= 11 is 0. The Bertz CT molecular complexity index is 870. The predicted octanol–water partition coefficient (Wildman–Crippen LogP) is 1.67. The van der Waals surface area contributed by atoms with Gasteiger partial charge in [0.1, 0.15) is 11.5 Å². The maximum absolute atomic E-state index is 11.7. The number of amides is 1. The Kier molecular flexibility index (Phi) is 5.37. The molecule has 0 bridgehead atoms. The van der Waals surface area contributed by atoms with Gasteiger partial charge in [-0.05, 0) is 43.2 Å². The van der Waals surface area contributed by atoms with E-state index in [1.165, 1.54) is 6.07 Å². The molecule has 9 heteroatoms. The van der Waals surface area contributed by atoms with E-state index in [-0.39, 0.29) is 12.4 Å². The summed E-state index contributed by atoms with van der Waals surface area (Å²) in [6, 6.07) is 8.01. The van der Waals surface area contributed by atoms with Crippen LogP contribution in [0.25, 0.3) is 0 Å². The van der Waals surface area contributed by atoms with Gasteiger partial charge in [0.2, 0.25) is 5.09 Å². The number of aryl methyl sites for hydroxylation is 2. The van der Waals surface area contributed by atoms with Crippen molar-refractivity contribution in [2.24, 2.45) is 5.10 Å². The smallest absolute Gasteiger partial charge is 0.328 e. The van der Waals surface area contributed by atoms with E-state index < -0.39 is 21.1 Å². The van der Waals surface area contributed by atoms with Crippen LogP contribution in [0.15, 0.2) is 44.9 Å². The fraction of sp³-hybridized carbons (Fsp3) is 0.200. The zero-order valence-corrected chi connectivity index (χ0v) is 13.8. The number of hydrogen-bond acceptors (Lipinski definition) is 6.